The minimum atomic E-state index is 0.0319. The van der Waals surface area contributed by atoms with Gasteiger partial charge in [0.1, 0.15) is 0 Å². The quantitative estimate of drug-likeness (QED) is 0.263. The fourth-order valence-corrected chi connectivity index (χ4v) is 6.06. The lowest BCUT2D eigenvalue weighted by Gasteiger charge is -2.35. The van der Waals surface area contributed by atoms with Crippen LogP contribution >= 0.6 is 0 Å². The summed E-state index contributed by atoms with van der Waals surface area (Å²) in [5, 5.41) is 3.54. The molecule has 9 nitrogen and oxygen atoms in total. The second kappa shape index (κ2) is 15.2. The van der Waals surface area contributed by atoms with Crippen molar-refractivity contribution in [1.82, 2.24) is 20.1 Å². The van der Waals surface area contributed by atoms with Crippen molar-refractivity contribution in [3.63, 3.8) is 0 Å². The Morgan fingerprint density at radius 2 is 1.42 bits per heavy atom. The Bertz CT molecular complexity index is 1470. The van der Waals surface area contributed by atoms with Crippen LogP contribution in [0.2, 0.25) is 0 Å². The molecule has 1 unspecified atom stereocenters. The molecule has 0 saturated carbocycles. The van der Waals surface area contributed by atoms with E-state index >= 15 is 0 Å². The molecule has 0 spiro atoms. The van der Waals surface area contributed by atoms with E-state index in [0.29, 0.717) is 17.2 Å². The molecule has 5 rings (SSSR count). The average Bonchev–Trinajstić information content (AvgIpc) is 3.08. The molecule has 2 aliphatic rings. The van der Waals surface area contributed by atoms with Crippen LogP contribution in [0.15, 0.2) is 66.5 Å². The number of ether oxygens (including phenoxy) is 5. The lowest BCUT2D eigenvalue weighted by atomic mass is 10.0. The van der Waals surface area contributed by atoms with E-state index in [1.165, 1.54) is 11.1 Å². The monoisotopic (exact) mass is 614 g/mol. The van der Waals surface area contributed by atoms with E-state index in [1.807, 2.05) is 24.4 Å². The first-order valence-electron chi connectivity index (χ1n) is 15.6. The Hall–Kier alpha value is -4.21. The van der Waals surface area contributed by atoms with Crippen LogP contribution in [0.3, 0.4) is 0 Å². The highest BCUT2D eigenvalue weighted by molar-refractivity contribution is 5.66. The molecule has 240 valence electrons. The van der Waals surface area contributed by atoms with Crippen LogP contribution in [-0.2, 0) is 13.0 Å². The third-order valence-corrected chi connectivity index (χ3v) is 8.47. The summed E-state index contributed by atoms with van der Waals surface area (Å²) in [6, 6.07) is 12.5. The highest BCUT2D eigenvalue weighted by Gasteiger charge is 2.21. The predicted octanol–water partition coefficient (Wildman–Crippen LogP) is 5.65. The smallest absolute Gasteiger partial charge is 0.203 e. The van der Waals surface area contributed by atoms with Crippen LogP contribution in [0.1, 0.15) is 36.1 Å². The molecule has 0 aliphatic carbocycles. The molecule has 1 aromatic heterocycles. The van der Waals surface area contributed by atoms with Gasteiger partial charge in [-0.25, -0.2) is 0 Å². The van der Waals surface area contributed by atoms with Gasteiger partial charge in [0.15, 0.2) is 23.0 Å². The molecule has 0 radical (unpaired) electrons. The minimum Gasteiger partial charge on any atom is -0.493 e. The maximum Gasteiger partial charge on any atom is 0.203 e. The summed E-state index contributed by atoms with van der Waals surface area (Å²) in [5.41, 5.74) is 6.68. The number of pyridine rings is 1. The van der Waals surface area contributed by atoms with Crippen molar-refractivity contribution >= 4 is 0 Å². The summed E-state index contributed by atoms with van der Waals surface area (Å²) in [6.45, 7) is 8.09. The van der Waals surface area contributed by atoms with E-state index < -0.39 is 0 Å². The average molecular weight is 615 g/mol. The van der Waals surface area contributed by atoms with Gasteiger partial charge in [-0.1, -0.05) is 31.6 Å². The fourth-order valence-electron chi connectivity index (χ4n) is 6.06. The van der Waals surface area contributed by atoms with Gasteiger partial charge < -0.3 is 29.0 Å². The third-order valence-electron chi connectivity index (χ3n) is 8.47. The number of aryl methyl sites for hydroxylation is 1. The molecule has 45 heavy (non-hydrogen) atoms. The largest absolute Gasteiger partial charge is 0.493 e. The van der Waals surface area contributed by atoms with E-state index in [9.17, 15) is 0 Å². The van der Waals surface area contributed by atoms with Crippen LogP contribution in [0.25, 0.3) is 11.3 Å². The highest BCUT2D eigenvalue weighted by Crippen LogP contribution is 2.40. The van der Waals surface area contributed by atoms with Crippen LogP contribution in [0, 0.1) is 0 Å². The first kappa shape index (κ1) is 32.2. The number of benzene rings is 2. The van der Waals surface area contributed by atoms with E-state index in [1.54, 1.807) is 35.5 Å². The molecule has 3 heterocycles. The van der Waals surface area contributed by atoms with Crippen LogP contribution in [0.4, 0.5) is 0 Å². The zero-order chi connectivity index (χ0) is 31.8. The van der Waals surface area contributed by atoms with Gasteiger partial charge in [-0.15, -0.1) is 0 Å². The molecule has 9 heteroatoms. The number of hydrogen-bond acceptors (Lipinski definition) is 9. The van der Waals surface area contributed by atoms with Crippen molar-refractivity contribution < 1.29 is 23.7 Å². The Kier molecular flexibility index (Phi) is 10.9. The number of hydrogen-bond donors (Lipinski definition) is 1. The Morgan fingerprint density at radius 1 is 0.778 bits per heavy atom. The fraction of sp³-hybridized carbons (Fsp3) is 0.417. The maximum absolute atomic E-state index is 5.63. The van der Waals surface area contributed by atoms with Crippen LogP contribution in [-0.4, -0.2) is 83.1 Å². The van der Waals surface area contributed by atoms with Gasteiger partial charge in [-0.3, -0.25) is 14.8 Å². The SMILES string of the molecule is CCCc1cc(-c2ccc(CN3CCN(CC4=CNC(c5cc(OC)c(OC)c(OC)c5)C=C4)CC3)cn2)cc(OC)c1OC. The molecule has 2 aliphatic heterocycles. The number of nitrogens with zero attached hydrogens (tertiary/aromatic N) is 3. The molecule has 0 amide bonds. The molecule has 3 aromatic rings. The van der Waals surface area contributed by atoms with Gasteiger partial charge >= 0.3 is 0 Å². The number of dihydropyridines is 1. The number of methoxy groups -OCH3 is 5. The number of rotatable bonds is 13. The van der Waals surface area contributed by atoms with E-state index in [-0.39, 0.29) is 6.04 Å². The Morgan fingerprint density at radius 3 is 1.96 bits per heavy atom. The minimum absolute atomic E-state index is 0.0319. The molecular formula is C36H46N4O5. The zero-order valence-corrected chi connectivity index (χ0v) is 27.4. The molecule has 1 saturated heterocycles. The Labute approximate surface area is 267 Å². The third kappa shape index (κ3) is 7.54. The zero-order valence-electron chi connectivity index (χ0n) is 27.4. The summed E-state index contributed by atoms with van der Waals surface area (Å²) < 4.78 is 27.8. The summed E-state index contributed by atoms with van der Waals surface area (Å²) in [4.78, 5) is 9.84. The second-order valence-electron chi connectivity index (χ2n) is 11.4. The first-order valence-corrected chi connectivity index (χ1v) is 15.6. The Balaban J connectivity index is 1.13. The molecule has 0 bridgehead atoms. The van der Waals surface area contributed by atoms with Crippen LogP contribution in [0.5, 0.6) is 28.7 Å². The van der Waals surface area contributed by atoms with Gasteiger partial charge in [0.2, 0.25) is 5.75 Å². The van der Waals surface area contributed by atoms with Gasteiger partial charge in [-0.05, 0) is 59.0 Å². The van der Waals surface area contributed by atoms with E-state index in [4.69, 9.17) is 28.7 Å². The molecule has 2 aromatic carbocycles. The second-order valence-corrected chi connectivity index (χ2v) is 11.4. The number of piperazine rings is 1. The van der Waals surface area contributed by atoms with E-state index in [2.05, 4.69) is 58.6 Å². The first-order chi connectivity index (χ1) is 22.0. The number of aromatic nitrogens is 1. The maximum atomic E-state index is 5.63. The van der Waals surface area contributed by atoms with Crippen molar-refractivity contribution in [2.24, 2.45) is 0 Å². The van der Waals surface area contributed by atoms with Gasteiger partial charge in [0.05, 0.1) is 47.3 Å². The molecule has 1 fully saturated rings. The standard InChI is InChI=1S/C36H46N4O5/c1-7-8-27-17-28(18-32(41-2)35(27)44-5)30-11-9-25(21-37-30)23-39-13-15-40(16-14-39)24-26-10-12-31(38-22-26)29-19-33(42-3)36(45-6)34(20-29)43-4/h9-12,17-22,31,38H,7-8,13-16,23-24H2,1-6H3. The summed E-state index contributed by atoms with van der Waals surface area (Å²) in [7, 11) is 8.27. The van der Waals surface area contributed by atoms with Gasteiger partial charge in [-0.2, -0.15) is 0 Å². The molecule has 1 atom stereocenters. The molecular weight excluding hydrogens is 568 g/mol. The summed E-state index contributed by atoms with van der Waals surface area (Å²) in [6.07, 6.45) is 10.5. The van der Waals surface area contributed by atoms with Crippen LogP contribution < -0.4 is 29.0 Å². The lowest BCUT2D eigenvalue weighted by molar-refractivity contribution is 0.135. The van der Waals surface area contributed by atoms with Gasteiger partial charge in [0, 0.05) is 57.2 Å². The molecule has 1 N–H and O–H groups in total. The summed E-state index contributed by atoms with van der Waals surface area (Å²) >= 11 is 0. The predicted molar refractivity (Wildman–Crippen MR) is 178 cm³/mol. The van der Waals surface area contributed by atoms with Crippen molar-refractivity contribution in [3.8, 4) is 40.0 Å². The lowest BCUT2D eigenvalue weighted by Crippen LogP contribution is -2.46. The normalized spacial score (nSPS) is 16.9. The number of nitrogens with one attached hydrogen (secondary N) is 1. The topological polar surface area (TPSA) is 77.6 Å². The van der Waals surface area contributed by atoms with Gasteiger partial charge in [0.25, 0.3) is 0 Å². The highest BCUT2D eigenvalue weighted by atomic mass is 16.5. The van der Waals surface area contributed by atoms with E-state index in [0.717, 1.165) is 86.0 Å². The van der Waals surface area contributed by atoms with Crippen molar-refractivity contribution in [2.75, 3.05) is 68.3 Å². The van der Waals surface area contributed by atoms with Crippen molar-refractivity contribution in [3.05, 3.63) is 83.2 Å². The van der Waals surface area contributed by atoms with Crippen molar-refractivity contribution in [2.45, 2.75) is 32.4 Å². The van der Waals surface area contributed by atoms with Crippen molar-refractivity contribution in [1.29, 1.82) is 0 Å². The summed E-state index contributed by atoms with van der Waals surface area (Å²) in [5.74, 6) is 3.46.